The second-order valence-electron chi connectivity index (χ2n) is 3.83. The molecular formula is C6H26CrN2O18P4. The first-order valence-corrected chi connectivity index (χ1v) is 12.4. The van der Waals surface area contributed by atoms with Gasteiger partial charge in [-0.15, -0.1) is 0 Å². The molecule has 31 heavy (non-hydrogen) atoms. The van der Waals surface area contributed by atoms with Gasteiger partial charge in [-0.2, -0.15) is 0 Å². The number of hydrogen-bond donors (Lipinski definition) is 4. The van der Waals surface area contributed by atoms with Gasteiger partial charge in [0.1, 0.15) is 30.4 Å². The van der Waals surface area contributed by atoms with Gasteiger partial charge in [0.05, 0.1) is 11.8 Å². The van der Waals surface area contributed by atoms with E-state index in [-0.39, 0.29) is 50.2 Å². The van der Waals surface area contributed by atoms with E-state index < -0.39 is 42.2 Å². The first-order valence-electron chi connectivity index (χ1n) is 5.35. The Balaban J connectivity index is -0.0000000304. The van der Waals surface area contributed by atoms with Crippen LogP contribution in [-0.4, -0.2) is 64.2 Å². The molecule has 18 N–H and O–H groups in total. The van der Waals surface area contributed by atoms with Crippen LogP contribution < -0.4 is 29.5 Å². The van der Waals surface area contributed by atoms with E-state index in [1.807, 2.05) is 24.8 Å². The summed E-state index contributed by atoms with van der Waals surface area (Å²) >= 11 is 0. The van der Waals surface area contributed by atoms with E-state index in [1.165, 1.54) is 0 Å². The standard InChI is InChI=1S/C4H4N2.2CH6O6P2.Cr.6H2O/c1-2-6-4-3-5-1;2*2-8(3,4)1-9(5,6)7;;;;;;;/h1-4H;2*1H2,(H2,2,3,4)(H2,5,6,7);;6*1H2/q;;;+2;;;;;;/p-2. The molecule has 4 atom stereocenters. The van der Waals surface area contributed by atoms with E-state index in [1.54, 1.807) is 0 Å². The zero-order valence-electron chi connectivity index (χ0n) is 15.0. The maximum Gasteiger partial charge on any atom is 2.00 e. The van der Waals surface area contributed by atoms with Crippen molar-refractivity contribution in [3.63, 3.8) is 0 Å². The molecule has 0 fully saturated rings. The maximum atomic E-state index is 9.70. The van der Waals surface area contributed by atoms with Crippen LogP contribution in [0.5, 0.6) is 0 Å². The van der Waals surface area contributed by atoms with Crippen LogP contribution >= 0.6 is 30.4 Å². The number of H-pyrrole nitrogens is 2. The van der Waals surface area contributed by atoms with Crippen molar-refractivity contribution >= 4 is 30.4 Å². The summed E-state index contributed by atoms with van der Waals surface area (Å²) in [4.78, 5) is 75.8. The number of nitrogens with one attached hydrogen (secondary N) is 2. The first-order chi connectivity index (χ1) is 10.4. The van der Waals surface area contributed by atoms with Gasteiger partial charge in [-0.3, -0.25) is 0 Å². The van der Waals surface area contributed by atoms with Crippen LogP contribution in [-0.2, 0) is 35.6 Å². The third-order valence-corrected chi connectivity index (χ3v) is 6.99. The second-order valence-corrected chi connectivity index (χ2v) is 11.2. The predicted octanol–water partition coefficient (Wildman–Crippen LogP) is -9.57. The molecule has 0 spiro atoms. The fourth-order valence-corrected chi connectivity index (χ4v) is 4.37. The van der Waals surface area contributed by atoms with Crippen molar-refractivity contribution in [2.75, 3.05) is 11.8 Å². The molecule has 1 aromatic heterocycles. The number of hydrogen-bond acceptors (Lipinski definition) is 8. The summed E-state index contributed by atoms with van der Waals surface area (Å²) in [5.74, 6) is -3.19. The van der Waals surface area contributed by atoms with Gasteiger partial charge in [-0.1, -0.05) is 0 Å². The molecule has 0 amide bonds. The molecule has 0 aliphatic carbocycles. The second kappa shape index (κ2) is 24.6. The Morgan fingerprint density at radius 2 is 0.645 bits per heavy atom. The molecule has 0 aliphatic rings. The average molecular weight is 590 g/mol. The third kappa shape index (κ3) is 72.6. The minimum Gasteiger partial charge on any atom is -0.778 e. The summed E-state index contributed by atoms with van der Waals surface area (Å²) in [6, 6.07) is 0. The van der Waals surface area contributed by atoms with Crippen molar-refractivity contribution in [3.05, 3.63) is 24.8 Å². The molecular weight excluding hydrogens is 564 g/mol. The van der Waals surface area contributed by atoms with Crippen LogP contribution in [0.4, 0.5) is 0 Å². The summed E-state index contributed by atoms with van der Waals surface area (Å²) in [6.45, 7) is 0. The molecule has 25 heteroatoms. The molecule has 0 aromatic carbocycles. The third-order valence-electron chi connectivity index (χ3n) is 1.27. The Morgan fingerprint density at radius 3 is 0.677 bits per heavy atom. The molecule has 20 nitrogen and oxygen atoms in total. The van der Waals surface area contributed by atoms with E-state index in [9.17, 15) is 37.8 Å². The molecule has 4 unspecified atom stereocenters. The van der Waals surface area contributed by atoms with Crippen LogP contribution in [0, 0.1) is 0 Å². The Morgan fingerprint density at radius 1 is 0.516 bits per heavy atom. The van der Waals surface area contributed by atoms with Crippen LogP contribution in [0.2, 0.25) is 0 Å². The summed E-state index contributed by atoms with van der Waals surface area (Å²) in [5.41, 5.74) is 0. The van der Waals surface area contributed by atoms with Crippen molar-refractivity contribution in [3.8, 4) is 0 Å². The molecule has 1 heterocycles. The van der Waals surface area contributed by atoms with Gasteiger partial charge in [-0.05, 0) is 0 Å². The molecule has 0 saturated heterocycles. The van der Waals surface area contributed by atoms with Crippen molar-refractivity contribution in [2.24, 2.45) is 0 Å². The summed E-state index contributed by atoms with van der Waals surface area (Å²) in [5, 5.41) is 0. The molecule has 194 valence electrons. The SMILES string of the molecule is O.O.O.O.O.O.O=P([O-])(O)CP(=O)([O-])O.O=P([O-])(O)CP(=O)([O-])O.[Cr+2].c1c[nH+]cc[nH+]1. The number of rotatable bonds is 4. The summed E-state index contributed by atoms with van der Waals surface area (Å²) < 4.78 is 38.8. The van der Waals surface area contributed by atoms with Crippen molar-refractivity contribution in [1.29, 1.82) is 0 Å². The monoisotopic (exact) mass is 590 g/mol. The minimum atomic E-state index is -4.86. The van der Waals surface area contributed by atoms with Crippen LogP contribution in [0.15, 0.2) is 24.8 Å². The van der Waals surface area contributed by atoms with E-state index in [2.05, 4.69) is 9.97 Å². The molecule has 1 aromatic rings. The Bertz CT molecular complexity index is 546. The topological polar surface area (TPSA) is 459 Å². The van der Waals surface area contributed by atoms with Crippen molar-refractivity contribution < 1.29 is 118 Å². The van der Waals surface area contributed by atoms with Gasteiger partial charge in [0.2, 0.25) is 24.8 Å². The van der Waals surface area contributed by atoms with E-state index >= 15 is 0 Å². The van der Waals surface area contributed by atoms with E-state index in [0.29, 0.717) is 0 Å². The Labute approximate surface area is 185 Å². The van der Waals surface area contributed by atoms with E-state index in [4.69, 9.17) is 19.6 Å². The fourth-order valence-electron chi connectivity index (χ4n) is 0.755. The zero-order valence-corrected chi connectivity index (χ0v) is 19.8. The largest absolute Gasteiger partial charge is 2.00 e. The van der Waals surface area contributed by atoms with Crippen molar-refractivity contribution in [1.82, 2.24) is 0 Å². The minimum absolute atomic E-state index is 0. The van der Waals surface area contributed by atoms with Gasteiger partial charge < -0.3 is 90.3 Å². The molecule has 0 bridgehead atoms. The van der Waals surface area contributed by atoms with E-state index in [0.717, 1.165) is 0 Å². The number of aromatic nitrogens is 2. The van der Waals surface area contributed by atoms with Gasteiger partial charge in [0.25, 0.3) is 0 Å². The maximum absolute atomic E-state index is 9.70. The molecule has 0 aliphatic heterocycles. The normalized spacial score (nSPS) is 15.7. The van der Waals surface area contributed by atoms with Gasteiger partial charge in [0.15, 0.2) is 0 Å². The number of aromatic amines is 2. The van der Waals surface area contributed by atoms with Crippen molar-refractivity contribution in [2.45, 2.75) is 0 Å². The Hall–Kier alpha value is -0.0275. The summed E-state index contributed by atoms with van der Waals surface area (Å²) in [7, 11) is -19.5. The Kier molecular flexibility index (Phi) is 45.8. The fraction of sp³-hybridized carbons (Fsp3) is 0.333. The van der Waals surface area contributed by atoms with Crippen LogP contribution in [0.25, 0.3) is 0 Å². The zero-order chi connectivity index (χ0) is 19.7. The quantitative estimate of drug-likeness (QED) is 0.237. The summed E-state index contributed by atoms with van der Waals surface area (Å²) in [6.07, 6.45) is 7.28. The van der Waals surface area contributed by atoms with Gasteiger partial charge >= 0.3 is 17.4 Å². The van der Waals surface area contributed by atoms with Gasteiger partial charge in [0, 0.05) is 0 Å². The van der Waals surface area contributed by atoms with Gasteiger partial charge in [-0.25, -0.2) is 9.97 Å². The van der Waals surface area contributed by atoms with Crippen LogP contribution in [0.1, 0.15) is 0 Å². The smallest absolute Gasteiger partial charge is 0.778 e. The first kappa shape index (κ1) is 57.6. The average Bonchev–Trinajstić information content (AvgIpc) is 2.22. The predicted molar refractivity (Wildman–Crippen MR) is 90.3 cm³/mol. The molecule has 1 rings (SSSR count). The molecule has 0 radical (unpaired) electrons. The molecule has 0 saturated carbocycles. The van der Waals surface area contributed by atoms with Crippen LogP contribution in [0.3, 0.4) is 0 Å².